The predicted octanol–water partition coefficient (Wildman–Crippen LogP) is 4.60. The summed E-state index contributed by atoms with van der Waals surface area (Å²) >= 11 is 1.54. The van der Waals surface area contributed by atoms with E-state index in [4.69, 9.17) is 4.99 Å². The van der Waals surface area contributed by atoms with Gasteiger partial charge >= 0.3 is 0 Å². The van der Waals surface area contributed by atoms with Crippen LogP contribution in [0.3, 0.4) is 0 Å². The molecule has 1 heterocycles. The second-order valence-electron chi connectivity index (χ2n) is 8.44. The third-order valence-corrected chi connectivity index (χ3v) is 5.37. The van der Waals surface area contributed by atoms with Gasteiger partial charge < -0.3 is 9.67 Å². The van der Waals surface area contributed by atoms with Crippen molar-refractivity contribution >= 4 is 22.7 Å². The number of non-ortho nitro benzene ring substituents is 1. The van der Waals surface area contributed by atoms with Crippen molar-refractivity contribution in [2.75, 3.05) is 0 Å². The van der Waals surface area contributed by atoms with Crippen LogP contribution in [0.1, 0.15) is 45.9 Å². The normalized spacial score (nSPS) is 14.0. The van der Waals surface area contributed by atoms with E-state index in [9.17, 15) is 15.2 Å². The number of nitro benzene ring substituents is 1. The molecule has 2 rings (SSSR count). The minimum absolute atomic E-state index is 0.0640. The Morgan fingerprint density at radius 3 is 2.52 bits per heavy atom. The lowest BCUT2D eigenvalue weighted by Crippen LogP contribution is -2.34. The van der Waals surface area contributed by atoms with Crippen LogP contribution in [-0.4, -0.2) is 20.7 Å². The number of hydrogen-bond donors (Lipinski definition) is 1. The lowest BCUT2D eigenvalue weighted by Gasteiger charge is -2.27. The van der Waals surface area contributed by atoms with E-state index in [0.717, 1.165) is 22.5 Å². The summed E-state index contributed by atoms with van der Waals surface area (Å²) in [6, 6.07) is 4.69. The highest BCUT2D eigenvalue weighted by Gasteiger charge is 2.24. The zero-order valence-corrected chi connectivity index (χ0v) is 17.7. The van der Waals surface area contributed by atoms with Gasteiger partial charge in [-0.1, -0.05) is 34.6 Å². The molecule has 0 aliphatic rings. The first kappa shape index (κ1) is 21.3. The highest BCUT2D eigenvalue weighted by molar-refractivity contribution is 7.07. The standard InChI is InChI=1S/C20H29N3O3S/c1-13(2)9-16-12-27-19(22(16)11-18(24)20(4,5)6)21-17-8-7-15(23(25)26)10-14(17)3/h7-8,10,12-13,18,24H,9,11H2,1-6H3. The monoisotopic (exact) mass is 391 g/mol. The van der Waals surface area contributed by atoms with Crippen LogP contribution in [0, 0.1) is 28.4 Å². The van der Waals surface area contributed by atoms with Crippen molar-refractivity contribution in [3.8, 4) is 0 Å². The van der Waals surface area contributed by atoms with E-state index in [0.29, 0.717) is 18.2 Å². The third-order valence-electron chi connectivity index (χ3n) is 4.46. The average molecular weight is 392 g/mol. The zero-order valence-electron chi connectivity index (χ0n) is 16.9. The largest absolute Gasteiger partial charge is 0.391 e. The van der Waals surface area contributed by atoms with Crippen molar-refractivity contribution in [1.82, 2.24) is 4.57 Å². The molecule has 0 radical (unpaired) electrons. The number of thiazole rings is 1. The van der Waals surface area contributed by atoms with Gasteiger partial charge in [-0.15, -0.1) is 11.3 Å². The fourth-order valence-corrected chi connectivity index (χ4v) is 3.59. The smallest absolute Gasteiger partial charge is 0.269 e. The summed E-state index contributed by atoms with van der Waals surface area (Å²) in [5, 5.41) is 23.7. The molecule has 6 nitrogen and oxygen atoms in total. The summed E-state index contributed by atoms with van der Waals surface area (Å²) in [6.07, 6.45) is 0.400. The Bertz CT molecular complexity index is 875. The summed E-state index contributed by atoms with van der Waals surface area (Å²) < 4.78 is 2.08. The van der Waals surface area contributed by atoms with Crippen LogP contribution in [0.15, 0.2) is 28.6 Å². The molecule has 0 fully saturated rings. The molecule has 0 amide bonds. The molecule has 0 saturated carbocycles. The number of hydrogen-bond acceptors (Lipinski definition) is 5. The summed E-state index contributed by atoms with van der Waals surface area (Å²) in [6.45, 7) is 12.7. The number of aryl methyl sites for hydroxylation is 1. The Labute approximate surface area is 164 Å². The quantitative estimate of drug-likeness (QED) is 0.577. The highest BCUT2D eigenvalue weighted by Crippen LogP contribution is 2.24. The first-order chi connectivity index (χ1) is 12.5. The van der Waals surface area contributed by atoms with E-state index in [1.54, 1.807) is 6.07 Å². The Morgan fingerprint density at radius 1 is 1.33 bits per heavy atom. The van der Waals surface area contributed by atoms with Crippen molar-refractivity contribution < 1.29 is 10.0 Å². The van der Waals surface area contributed by atoms with Crippen LogP contribution in [0.5, 0.6) is 0 Å². The maximum absolute atomic E-state index is 10.9. The van der Waals surface area contributed by atoms with E-state index in [1.165, 1.54) is 23.5 Å². The molecule has 0 aliphatic carbocycles. The van der Waals surface area contributed by atoms with Gasteiger partial charge in [0, 0.05) is 23.2 Å². The summed E-state index contributed by atoms with van der Waals surface area (Å²) in [4.78, 5) is 16.1. The molecular formula is C20H29N3O3S. The van der Waals surface area contributed by atoms with Gasteiger partial charge in [0.1, 0.15) is 0 Å². The van der Waals surface area contributed by atoms with Crippen LogP contribution in [-0.2, 0) is 13.0 Å². The lowest BCUT2D eigenvalue weighted by atomic mass is 9.89. The molecule has 0 bridgehead atoms. The van der Waals surface area contributed by atoms with Crippen molar-refractivity contribution in [2.24, 2.45) is 16.3 Å². The van der Waals surface area contributed by atoms with E-state index in [-0.39, 0.29) is 11.1 Å². The molecule has 0 spiro atoms. The van der Waals surface area contributed by atoms with Gasteiger partial charge in [-0.3, -0.25) is 10.1 Å². The van der Waals surface area contributed by atoms with Crippen molar-refractivity contribution in [3.63, 3.8) is 0 Å². The van der Waals surface area contributed by atoms with Crippen LogP contribution in [0.2, 0.25) is 0 Å². The lowest BCUT2D eigenvalue weighted by molar-refractivity contribution is -0.384. The fraction of sp³-hybridized carbons (Fsp3) is 0.550. The molecule has 0 aliphatic heterocycles. The van der Waals surface area contributed by atoms with Gasteiger partial charge in [-0.25, -0.2) is 4.99 Å². The third kappa shape index (κ3) is 5.49. The van der Waals surface area contributed by atoms with E-state index in [1.807, 2.05) is 27.7 Å². The van der Waals surface area contributed by atoms with E-state index in [2.05, 4.69) is 23.8 Å². The number of aliphatic hydroxyl groups excluding tert-OH is 1. The number of aliphatic hydroxyl groups is 1. The van der Waals surface area contributed by atoms with E-state index < -0.39 is 11.0 Å². The zero-order chi connectivity index (χ0) is 20.4. The first-order valence-corrected chi connectivity index (χ1v) is 10.0. The predicted molar refractivity (Wildman–Crippen MR) is 109 cm³/mol. The van der Waals surface area contributed by atoms with Crippen LogP contribution >= 0.6 is 11.3 Å². The fourth-order valence-electron chi connectivity index (χ4n) is 2.66. The molecule has 1 aromatic heterocycles. The van der Waals surface area contributed by atoms with Crippen molar-refractivity contribution in [1.29, 1.82) is 0 Å². The van der Waals surface area contributed by atoms with Gasteiger partial charge in [-0.05, 0) is 36.3 Å². The molecule has 1 unspecified atom stereocenters. The molecule has 7 heteroatoms. The Hall–Kier alpha value is -1.99. The topological polar surface area (TPSA) is 80.7 Å². The second kappa shape index (κ2) is 8.35. The Morgan fingerprint density at radius 2 is 2.00 bits per heavy atom. The van der Waals surface area contributed by atoms with Gasteiger partial charge in [0.05, 0.1) is 23.3 Å². The van der Waals surface area contributed by atoms with E-state index >= 15 is 0 Å². The maximum Gasteiger partial charge on any atom is 0.269 e. The van der Waals surface area contributed by atoms with Gasteiger partial charge in [-0.2, -0.15) is 0 Å². The number of aromatic nitrogens is 1. The van der Waals surface area contributed by atoms with Crippen LogP contribution < -0.4 is 4.80 Å². The second-order valence-corrected chi connectivity index (χ2v) is 9.28. The van der Waals surface area contributed by atoms with Gasteiger partial charge in [0.15, 0.2) is 4.80 Å². The molecule has 0 saturated heterocycles. The molecule has 27 heavy (non-hydrogen) atoms. The summed E-state index contributed by atoms with van der Waals surface area (Å²) in [5.41, 5.74) is 2.44. The van der Waals surface area contributed by atoms with Crippen molar-refractivity contribution in [2.45, 2.75) is 60.6 Å². The Kier molecular flexibility index (Phi) is 6.59. The minimum Gasteiger partial charge on any atom is -0.391 e. The molecule has 148 valence electrons. The van der Waals surface area contributed by atoms with Crippen molar-refractivity contribution in [3.05, 3.63) is 49.8 Å². The maximum atomic E-state index is 10.9. The molecule has 2 aromatic rings. The van der Waals surface area contributed by atoms with Crippen LogP contribution in [0.25, 0.3) is 0 Å². The summed E-state index contributed by atoms with van der Waals surface area (Å²) in [7, 11) is 0. The number of benzene rings is 1. The van der Waals surface area contributed by atoms with Gasteiger partial charge in [0.25, 0.3) is 5.69 Å². The SMILES string of the molecule is Cc1cc([N+](=O)[O-])ccc1N=c1scc(CC(C)C)n1CC(O)C(C)(C)C. The number of nitro groups is 1. The number of rotatable bonds is 6. The molecule has 1 aromatic carbocycles. The van der Waals surface area contributed by atoms with Crippen LogP contribution in [0.4, 0.5) is 11.4 Å². The summed E-state index contributed by atoms with van der Waals surface area (Å²) in [5.74, 6) is 0.492. The molecule has 1 N–H and O–H groups in total. The Balaban J connectivity index is 2.51. The minimum atomic E-state index is -0.505. The average Bonchev–Trinajstić information content (AvgIpc) is 2.89. The van der Waals surface area contributed by atoms with Gasteiger partial charge in [0.2, 0.25) is 0 Å². The highest BCUT2D eigenvalue weighted by atomic mass is 32.1. The first-order valence-electron chi connectivity index (χ1n) is 9.14. The molecular weight excluding hydrogens is 362 g/mol. The number of nitrogens with zero attached hydrogens (tertiary/aromatic N) is 3. The molecule has 1 atom stereocenters.